The summed E-state index contributed by atoms with van der Waals surface area (Å²) in [5.41, 5.74) is 5.11. The topological polar surface area (TPSA) is 15.3 Å². The molecule has 0 spiro atoms. The molecule has 0 aliphatic carbocycles. The lowest BCUT2D eigenvalue weighted by Crippen LogP contribution is -2.19. The number of anilines is 1. The second-order valence-corrected chi connectivity index (χ2v) is 5.74. The van der Waals surface area contributed by atoms with Crippen molar-refractivity contribution in [3.8, 4) is 11.1 Å². The summed E-state index contributed by atoms with van der Waals surface area (Å²) in [6, 6.07) is 18.0. The van der Waals surface area contributed by atoms with Gasteiger partial charge in [0.1, 0.15) is 0 Å². The van der Waals surface area contributed by atoms with Crippen molar-refractivity contribution in [1.29, 1.82) is 0 Å². The molecular weight excluding hydrogens is 256 g/mol. The third-order valence-corrected chi connectivity index (χ3v) is 3.83. The predicted molar refractivity (Wildman–Crippen MR) is 92.9 cm³/mol. The van der Waals surface area contributed by atoms with Gasteiger partial charge in [-0.2, -0.15) is 0 Å². The van der Waals surface area contributed by atoms with Gasteiger partial charge in [0, 0.05) is 25.8 Å². The molecule has 2 nitrogen and oxygen atoms in total. The SMILES string of the molecule is CCCNC(C)c1ccc(-c2ccc(N(C)C)cc2)cc1. The maximum atomic E-state index is 3.52. The highest BCUT2D eigenvalue weighted by molar-refractivity contribution is 5.66. The van der Waals surface area contributed by atoms with Crippen molar-refractivity contribution in [3.63, 3.8) is 0 Å². The first kappa shape index (κ1) is 15.6. The monoisotopic (exact) mass is 282 g/mol. The van der Waals surface area contributed by atoms with Gasteiger partial charge in [0.15, 0.2) is 0 Å². The molecule has 1 N–H and O–H groups in total. The van der Waals surface area contributed by atoms with Crippen molar-refractivity contribution in [2.45, 2.75) is 26.3 Å². The number of hydrogen-bond donors (Lipinski definition) is 1. The second kappa shape index (κ2) is 7.28. The zero-order valence-corrected chi connectivity index (χ0v) is 13.6. The van der Waals surface area contributed by atoms with Crippen molar-refractivity contribution in [2.75, 3.05) is 25.5 Å². The van der Waals surface area contributed by atoms with Crippen molar-refractivity contribution >= 4 is 5.69 Å². The Morgan fingerprint density at radius 2 is 1.43 bits per heavy atom. The average Bonchev–Trinajstić information content (AvgIpc) is 2.53. The van der Waals surface area contributed by atoms with E-state index in [2.05, 4.69) is 86.7 Å². The van der Waals surface area contributed by atoms with Crippen LogP contribution in [0.5, 0.6) is 0 Å². The fourth-order valence-corrected chi connectivity index (χ4v) is 2.39. The molecule has 0 fully saturated rings. The summed E-state index contributed by atoms with van der Waals surface area (Å²) >= 11 is 0. The molecule has 0 heterocycles. The molecule has 21 heavy (non-hydrogen) atoms. The maximum Gasteiger partial charge on any atom is 0.0361 e. The number of nitrogens with zero attached hydrogens (tertiary/aromatic N) is 1. The Hall–Kier alpha value is -1.80. The summed E-state index contributed by atoms with van der Waals surface area (Å²) < 4.78 is 0. The fourth-order valence-electron chi connectivity index (χ4n) is 2.39. The standard InChI is InChI=1S/C19H26N2/c1-5-14-20-15(2)16-6-8-17(9-7-16)18-10-12-19(13-11-18)21(3)4/h6-13,15,20H,5,14H2,1-4H3. The van der Waals surface area contributed by atoms with Crippen LogP contribution in [0.25, 0.3) is 11.1 Å². The van der Waals surface area contributed by atoms with Gasteiger partial charge >= 0.3 is 0 Å². The van der Waals surface area contributed by atoms with Gasteiger partial charge in [0.05, 0.1) is 0 Å². The Bertz CT molecular complexity index is 541. The Morgan fingerprint density at radius 1 is 0.905 bits per heavy atom. The van der Waals surface area contributed by atoms with Crippen LogP contribution >= 0.6 is 0 Å². The van der Waals surface area contributed by atoms with Crippen LogP contribution in [0.15, 0.2) is 48.5 Å². The van der Waals surface area contributed by atoms with Crippen LogP contribution in [0.2, 0.25) is 0 Å². The van der Waals surface area contributed by atoms with Gasteiger partial charge in [-0.15, -0.1) is 0 Å². The van der Waals surface area contributed by atoms with E-state index in [1.807, 2.05) is 0 Å². The Balaban J connectivity index is 2.11. The second-order valence-electron chi connectivity index (χ2n) is 5.74. The van der Waals surface area contributed by atoms with E-state index in [1.54, 1.807) is 0 Å². The average molecular weight is 282 g/mol. The van der Waals surface area contributed by atoms with Crippen LogP contribution in [0.1, 0.15) is 31.9 Å². The lowest BCUT2D eigenvalue weighted by molar-refractivity contribution is 0.571. The van der Waals surface area contributed by atoms with E-state index in [-0.39, 0.29) is 0 Å². The summed E-state index contributed by atoms with van der Waals surface area (Å²) in [7, 11) is 4.13. The summed E-state index contributed by atoms with van der Waals surface area (Å²) in [5, 5.41) is 3.52. The van der Waals surface area contributed by atoms with E-state index < -0.39 is 0 Å². The predicted octanol–water partition coefficient (Wildman–Crippen LogP) is 4.48. The molecule has 112 valence electrons. The van der Waals surface area contributed by atoms with Crippen LogP contribution < -0.4 is 10.2 Å². The number of hydrogen-bond acceptors (Lipinski definition) is 2. The van der Waals surface area contributed by atoms with Crippen LogP contribution in [0.3, 0.4) is 0 Å². The quantitative estimate of drug-likeness (QED) is 0.840. The van der Waals surface area contributed by atoms with Gasteiger partial charge < -0.3 is 10.2 Å². The number of rotatable bonds is 6. The highest BCUT2D eigenvalue weighted by Gasteiger charge is 2.05. The largest absolute Gasteiger partial charge is 0.378 e. The van der Waals surface area contributed by atoms with Gasteiger partial charge in [0.2, 0.25) is 0 Å². The van der Waals surface area contributed by atoms with Crippen LogP contribution in [-0.4, -0.2) is 20.6 Å². The Morgan fingerprint density at radius 3 is 1.90 bits per heavy atom. The van der Waals surface area contributed by atoms with Gasteiger partial charge in [0.25, 0.3) is 0 Å². The minimum absolute atomic E-state index is 0.412. The third kappa shape index (κ3) is 4.08. The van der Waals surface area contributed by atoms with E-state index in [4.69, 9.17) is 0 Å². The minimum Gasteiger partial charge on any atom is -0.378 e. The Labute approximate surface area is 128 Å². The molecule has 2 rings (SSSR count). The first-order chi connectivity index (χ1) is 10.1. The maximum absolute atomic E-state index is 3.52. The van der Waals surface area contributed by atoms with Crippen molar-refractivity contribution < 1.29 is 0 Å². The van der Waals surface area contributed by atoms with Crippen LogP contribution in [0, 0.1) is 0 Å². The van der Waals surface area contributed by atoms with Gasteiger partial charge in [-0.05, 0) is 48.7 Å². The molecule has 1 unspecified atom stereocenters. The Kier molecular flexibility index (Phi) is 5.40. The summed E-state index contributed by atoms with van der Waals surface area (Å²) in [6.07, 6.45) is 1.17. The molecule has 2 aromatic carbocycles. The number of nitrogens with one attached hydrogen (secondary N) is 1. The first-order valence-corrected chi connectivity index (χ1v) is 7.73. The van der Waals surface area contributed by atoms with Crippen molar-refractivity contribution in [3.05, 3.63) is 54.1 Å². The van der Waals surface area contributed by atoms with E-state index in [1.165, 1.54) is 28.8 Å². The zero-order chi connectivity index (χ0) is 15.2. The highest BCUT2D eigenvalue weighted by Crippen LogP contribution is 2.24. The minimum atomic E-state index is 0.412. The number of benzene rings is 2. The smallest absolute Gasteiger partial charge is 0.0361 e. The fraction of sp³-hybridized carbons (Fsp3) is 0.368. The van der Waals surface area contributed by atoms with E-state index >= 15 is 0 Å². The molecule has 2 heteroatoms. The zero-order valence-electron chi connectivity index (χ0n) is 13.6. The third-order valence-electron chi connectivity index (χ3n) is 3.83. The molecule has 2 aromatic rings. The first-order valence-electron chi connectivity index (χ1n) is 7.73. The summed E-state index contributed by atoms with van der Waals surface area (Å²) in [6.45, 7) is 5.48. The lowest BCUT2D eigenvalue weighted by atomic mass is 10.0. The molecule has 0 radical (unpaired) electrons. The molecule has 0 aliphatic rings. The summed E-state index contributed by atoms with van der Waals surface area (Å²) in [4.78, 5) is 2.12. The van der Waals surface area contributed by atoms with E-state index in [0.717, 1.165) is 6.54 Å². The van der Waals surface area contributed by atoms with Gasteiger partial charge in [-0.25, -0.2) is 0 Å². The molecule has 0 amide bonds. The van der Waals surface area contributed by atoms with Gasteiger partial charge in [-0.3, -0.25) is 0 Å². The van der Waals surface area contributed by atoms with E-state index in [9.17, 15) is 0 Å². The van der Waals surface area contributed by atoms with Gasteiger partial charge in [-0.1, -0.05) is 43.3 Å². The van der Waals surface area contributed by atoms with Crippen molar-refractivity contribution in [2.24, 2.45) is 0 Å². The van der Waals surface area contributed by atoms with E-state index in [0.29, 0.717) is 6.04 Å². The molecule has 0 aliphatic heterocycles. The van der Waals surface area contributed by atoms with Crippen LogP contribution in [-0.2, 0) is 0 Å². The molecular formula is C19H26N2. The molecule has 1 atom stereocenters. The van der Waals surface area contributed by atoms with Crippen molar-refractivity contribution in [1.82, 2.24) is 5.32 Å². The molecule has 0 bridgehead atoms. The normalized spacial score (nSPS) is 12.2. The molecule has 0 saturated heterocycles. The summed E-state index contributed by atoms with van der Waals surface area (Å²) in [5.74, 6) is 0. The van der Waals surface area contributed by atoms with Crippen LogP contribution in [0.4, 0.5) is 5.69 Å². The molecule has 0 saturated carbocycles. The lowest BCUT2D eigenvalue weighted by Gasteiger charge is -2.15. The highest BCUT2D eigenvalue weighted by atomic mass is 15.1. The molecule has 0 aromatic heterocycles.